The number of fused-ring (bicyclic) bond motifs is 1. The third kappa shape index (κ3) is 2.02. The first kappa shape index (κ1) is 10.6. The molecule has 0 fully saturated rings. The van der Waals surface area contributed by atoms with Crippen molar-refractivity contribution < 1.29 is 9.53 Å². The van der Waals surface area contributed by atoms with Crippen molar-refractivity contribution in [2.24, 2.45) is 0 Å². The fraction of sp³-hybridized carbons (Fsp3) is 0.417. The molecular formula is C12H14O2S. The molecule has 0 N–H and O–H groups in total. The highest BCUT2D eigenvalue weighted by Crippen LogP contribution is 2.37. The summed E-state index contributed by atoms with van der Waals surface area (Å²) in [6, 6.07) is 6.33. The van der Waals surface area contributed by atoms with E-state index in [1.54, 1.807) is 11.8 Å². The van der Waals surface area contributed by atoms with Gasteiger partial charge in [-0.05, 0) is 30.2 Å². The Morgan fingerprint density at radius 1 is 1.53 bits per heavy atom. The summed E-state index contributed by atoms with van der Waals surface area (Å²) in [7, 11) is 1.45. The quantitative estimate of drug-likeness (QED) is 0.683. The van der Waals surface area contributed by atoms with E-state index in [9.17, 15) is 4.79 Å². The smallest absolute Gasteiger partial charge is 0.323 e. The SMILES string of the molecule is COC(=O)C1SCCc2ccc(C)cc21. The lowest BCUT2D eigenvalue weighted by Crippen LogP contribution is -2.17. The molecule has 1 aliphatic rings. The second kappa shape index (κ2) is 4.27. The summed E-state index contributed by atoms with van der Waals surface area (Å²) >= 11 is 1.67. The molecule has 0 radical (unpaired) electrons. The van der Waals surface area contributed by atoms with Crippen LogP contribution in [0.3, 0.4) is 0 Å². The molecule has 0 spiro atoms. The molecule has 0 aliphatic carbocycles. The summed E-state index contributed by atoms with van der Waals surface area (Å²) in [6.07, 6.45) is 1.05. The average Bonchev–Trinajstić information content (AvgIpc) is 2.27. The Hall–Kier alpha value is -0.960. The van der Waals surface area contributed by atoms with E-state index in [1.165, 1.54) is 18.2 Å². The maximum Gasteiger partial charge on any atom is 0.323 e. The van der Waals surface area contributed by atoms with Gasteiger partial charge in [0.05, 0.1) is 7.11 Å². The van der Waals surface area contributed by atoms with Crippen molar-refractivity contribution >= 4 is 17.7 Å². The Bertz CT molecular complexity index is 387. The third-order valence-electron chi connectivity index (χ3n) is 2.66. The van der Waals surface area contributed by atoms with Gasteiger partial charge in [-0.15, -0.1) is 11.8 Å². The summed E-state index contributed by atoms with van der Waals surface area (Å²) in [5.74, 6) is 0.863. The van der Waals surface area contributed by atoms with Crippen molar-refractivity contribution in [3.05, 3.63) is 34.9 Å². The van der Waals surface area contributed by atoms with Crippen LogP contribution in [0, 0.1) is 6.92 Å². The second-order valence-electron chi connectivity index (χ2n) is 3.73. The number of benzene rings is 1. The van der Waals surface area contributed by atoms with E-state index in [4.69, 9.17) is 4.74 Å². The van der Waals surface area contributed by atoms with Gasteiger partial charge in [0.2, 0.25) is 0 Å². The lowest BCUT2D eigenvalue weighted by atomic mass is 9.99. The van der Waals surface area contributed by atoms with Crippen molar-refractivity contribution in [2.45, 2.75) is 18.6 Å². The predicted octanol–water partition coefficient (Wildman–Crippen LogP) is 2.50. The van der Waals surface area contributed by atoms with Gasteiger partial charge in [-0.1, -0.05) is 23.8 Å². The first-order chi connectivity index (χ1) is 7.22. The van der Waals surface area contributed by atoms with Crippen LogP contribution in [0.2, 0.25) is 0 Å². The van der Waals surface area contributed by atoms with E-state index >= 15 is 0 Å². The van der Waals surface area contributed by atoms with Crippen molar-refractivity contribution in [2.75, 3.05) is 12.9 Å². The van der Waals surface area contributed by atoms with E-state index in [0.29, 0.717) is 0 Å². The number of hydrogen-bond donors (Lipinski definition) is 0. The van der Waals surface area contributed by atoms with Gasteiger partial charge in [0, 0.05) is 0 Å². The van der Waals surface area contributed by atoms with Crippen molar-refractivity contribution in [1.82, 2.24) is 0 Å². The number of esters is 1. The summed E-state index contributed by atoms with van der Waals surface area (Å²) in [4.78, 5) is 11.6. The first-order valence-corrected chi connectivity index (χ1v) is 6.06. The molecule has 80 valence electrons. The molecule has 2 rings (SSSR count). The van der Waals surface area contributed by atoms with Crippen LogP contribution >= 0.6 is 11.8 Å². The van der Waals surface area contributed by atoms with Gasteiger partial charge in [0.25, 0.3) is 0 Å². The van der Waals surface area contributed by atoms with Crippen molar-refractivity contribution in [3.8, 4) is 0 Å². The Balaban J connectivity index is 2.40. The number of aryl methyl sites for hydroxylation is 2. The van der Waals surface area contributed by atoms with Gasteiger partial charge in [-0.2, -0.15) is 0 Å². The molecule has 0 amide bonds. The van der Waals surface area contributed by atoms with Crippen LogP contribution in [0.25, 0.3) is 0 Å². The zero-order chi connectivity index (χ0) is 10.8. The molecule has 3 heteroatoms. The Kier molecular flexibility index (Phi) is 3.00. The van der Waals surface area contributed by atoms with Crippen molar-refractivity contribution in [3.63, 3.8) is 0 Å². The third-order valence-corrected chi connectivity index (χ3v) is 3.87. The van der Waals surface area contributed by atoms with E-state index in [1.807, 2.05) is 6.92 Å². The number of ether oxygens (including phenoxy) is 1. The molecule has 1 heterocycles. The minimum Gasteiger partial charge on any atom is -0.468 e. The summed E-state index contributed by atoms with van der Waals surface area (Å²) < 4.78 is 4.83. The fourth-order valence-electron chi connectivity index (χ4n) is 1.86. The summed E-state index contributed by atoms with van der Waals surface area (Å²) in [5, 5.41) is -0.126. The highest BCUT2D eigenvalue weighted by molar-refractivity contribution is 8.00. The Morgan fingerprint density at radius 2 is 2.33 bits per heavy atom. The minimum atomic E-state index is -0.133. The normalized spacial score (nSPS) is 19.5. The maximum absolute atomic E-state index is 11.6. The van der Waals surface area contributed by atoms with Gasteiger partial charge >= 0.3 is 5.97 Å². The standard InChI is InChI=1S/C12H14O2S/c1-8-3-4-9-5-6-15-11(10(9)7-8)12(13)14-2/h3-4,7,11H,5-6H2,1-2H3. The number of carbonyl (C=O) groups excluding carboxylic acids is 1. The molecule has 0 saturated heterocycles. The highest BCUT2D eigenvalue weighted by atomic mass is 32.2. The molecule has 0 bridgehead atoms. The molecule has 1 unspecified atom stereocenters. The summed E-state index contributed by atoms with van der Waals surface area (Å²) in [6.45, 7) is 2.05. The lowest BCUT2D eigenvalue weighted by molar-refractivity contribution is -0.140. The lowest BCUT2D eigenvalue weighted by Gasteiger charge is -2.23. The van der Waals surface area contributed by atoms with Gasteiger partial charge < -0.3 is 4.74 Å². The van der Waals surface area contributed by atoms with Crippen LogP contribution < -0.4 is 0 Å². The largest absolute Gasteiger partial charge is 0.468 e. The van der Waals surface area contributed by atoms with E-state index in [2.05, 4.69) is 18.2 Å². The average molecular weight is 222 g/mol. The molecule has 1 aromatic carbocycles. The van der Waals surface area contributed by atoms with Crippen LogP contribution in [-0.4, -0.2) is 18.8 Å². The second-order valence-corrected chi connectivity index (χ2v) is 4.94. The van der Waals surface area contributed by atoms with Crippen LogP contribution in [0.4, 0.5) is 0 Å². The predicted molar refractivity (Wildman–Crippen MR) is 62.1 cm³/mol. The number of methoxy groups -OCH3 is 1. The number of rotatable bonds is 1. The van der Waals surface area contributed by atoms with Crippen molar-refractivity contribution in [1.29, 1.82) is 0 Å². The number of thioether (sulfide) groups is 1. The van der Waals surface area contributed by atoms with Crippen LogP contribution in [0.15, 0.2) is 18.2 Å². The minimum absolute atomic E-state index is 0.126. The molecule has 2 nitrogen and oxygen atoms in total. The van der Waals surface area contributed by atoms with Gasteiger partial charge in [0.15, 0.2) is 0 Å². The van der Waals surface area contributed by atoms with Gasteiger partial charge in [0.1, 0.15) is 5.25 Å². The number of carbonyl (C=O) groups is 1. The molecule has 0 saturated carbocycles. The molecule has 1 aromatic rings. The topological polar surface area (TPSA) is 26.3 Å². The van der Waals surface area contributed by atoms with E-state index < -0.39 is 0 Å². The summed E-state index contributed by atoms with van der Waals surface area (Å²) in [5.41, 5.74) is 3.62. The first-order valence-electron chi connectivity index (χ1n) is 5.01. The number of hydrogen-bond acceptors (Lipinski definition) is 3. The molecule has 15 heavy (non-hydrogen) atoms. The van der Waals surface area contributed by atoms with Gasteiger partial charge in [-0.25, -0.2) is 0 Å². The van der Waals surface area contributed by atoms with Crippen LogP contribution in [0.1, 0.15) is 21.9 Å². The van der Waals surface area contributed by atoms with Crippen LogP contribution in [0.5, 0.6) is 0 Å². The molecule has 1 atom stereocenters. The Morgan fingerprint density at radius 3 is 3.07 bits per heavy atom. The van der Waals surface area contributed by atoms with Gasteiger partial charge in [-0.3, -0.25) is 4.79 Å². The van der Waals surface area contributed by atoms with Crippen LogP contribution in [-0.2, 0) is 16.0 Å². The molecule has 0 aromatic heterocycles. The van der Waals surface area contributed by atoms with E-state index in [-0.39, 0.29) is 11.2 Å². The Labute approximate surface area is 94.0 Å². The zero-order valence-corrected chi connectivity index (χ0v) is 9.76. The maximum atomic E-state index is 11.6. The molecular weight excluding hydrogens is 208 g/mol. The van der Waals surface area contributed by atoms with E-state index in [0.717, 1.165) is 17.7 Å². The highest BCUT2D eigenvalue weighted by Gasteiger charge is 2.27. The monoisotopic (exact) mass is 222 g/mol. The fourth-order valence-corrected chi connectivity index (χ4v) is 3.07. The molecule has 1 aliphatic heterocycles. The zero-order valence-electron chi connectivity index (χ0n) is 8.95.